The Kier molecular flexibility index (Phi) is 12.3. The van der Waals surface area contributed by atoms with Gasteiger partial charge in [0.25, 0.3) is 5.91 Å². The molecule has 172 valence electrons. The van der Waals surface area contributed by atoms with Crippen molar-refractivity contribution in [1.29, 1.82) is 0 Å². The smallest absolute Gasteiger partial charge is 0.251 e. The largest absolute Gasteiger partial charge is 0.401 e. The lowest BCUT2D eigenvalue weighted by molar-refractivity contribution is 0.0883. The van der Waals surface area contributed by atoms with E-state index in [0.29, 0.717) is 18.7 Å². The molecule has 5 N–H and O–H groups in total. The number of hydrogen-bond acceptors (Lipinski definition) is 4. The monoisotopic (exact) mass is 447 g/mol. The molecule has 2 aromatic rings. The highest BCUT2D eigenvalue weighted by Crippen LogP contribution is 2.07. The Bertz CT molecular complexity index is 905. The highest BCUT2D eigenvalue weighted by atomic mass is 19.3. The molecular weight excluding hydrogens is 419 g/mol. The molecule has 8 heteroatoms. The van der Waals surface area contributed by atoms with E-state index in [1.165, 1.54) is 6.92 Å². The van der Waals surface area contributed by atoms with Gasteiger partial charge in [-0.25, -0.2) is 13.2 Å². The molecule has 5 nitrogen and oxygen atoms in total. The lowest BCUT2D eigenvalue weighted by Gasteiger charge is -2.21. The second kappa shape index (κ2) is 14.7. The molecular formula is C24H28F3N3O2. The van der Waals surface area contributed by atoms with Gasteiger partial charge < -0.3 is 21.5 Å². The van der Waals surface area contributed by atoms with E-state index >= 15 is 0 Å². The molecule has 0 saturated carbocycles. The zero-order chi connectivity index (χ0) is 23.9. The van der Waals surface area contributed by atoms with Crippen LogP contribution in [0.15, 0.2) is 60.8 Å². The van der Waals surface area contributed by atoms with Crippen molar-refractivity contribution in [2.75, 3.05) is 20.1 Å². The fourth-order valence-corrected chi connectivity index (χ4v) is 2.60. The number of hydrogen-bond donors (Lipinski definition) is 4. The van der Waals surface area contributed by atoms with E-state index in [9.17, 15) is 23.1 Å². The molecule has 0 heterocycles. The SMILES string of the molecule is C=C(N)C(NC(=O)c1ccc(C#Cc2ccc(CNCCF)cc2)cc1)C(C)O.FCF. The van der Waals surface area contributed by atoms with Gasteiger partial charge >= 0.3 is 0 Å². The van der Waals surface area contributed by atoms with Crippen molar-refractivity contribution < 1.29 is 23.1 Å². The number of nitrogens with two attached hydrogens (primary N) is 1. The van der Waals surface area contributed by atoms with Gasteiger partial charge in [-0.05, 0) is 48.9 Å². The Labute approximate surface area is 186 Å². The zero-order valence-corrected chi connectivity index (χ0v) is 17.9. The van der Waals surface area contributed by atoms with E-state index in [4.69, 9.17) is 5.73 Å². The lowest BCUT2D eigenvalue weighted by atomic mass is 10.1. The molecule has 0 aliphatic carbocycles. The van der Waals surface area contributed by atoms with Crippen molar-refractivity contribution in [3.05, 3.63) is 83.1 Å². The van der Waals surface area contributed by atoms with Crippen LogP contribution in [-0.2, 0) is 6.54 Å². The molecule has 0 aromatic heterocycles. The minimum atomic E-state index is -1.75. The van der Waals surface area contributed by atoms with E-state index < -0.39 is 19.1 Å². The van der Waals surface area contributed by atoms with Gasteiger partial charge in [-0.3, -0.25) is 4.79 Å². The molecule has 0 bridgehead atoms. The summed E-state index contributed by atoms with van der Waals surface area (Å²) in [5, 5.41) is 15.3. The maximum Gasteiger partial charge on any atom is 0.251 e. The predicted octanol–water partition coefficient (Wildman–Crippen LogP) is 2.98. The Morgan fingerprint density at radius 3 is 2.00 bits per heavy atom. The molecule has 1 amide bonds. The highest BCUT2D eigenvalue weighted by Gasteiger charge is 2.19. The Hall–Kier alpha value is -3.28. The molecule has 2 atom stereocenters. The van der Waals surface area contributed by atoms with Crippen LogP contribution in [-0.4, -0.2) is 43.3 Å². The van der Waals surface area contributed by atoms with Crippen LogP contribution in [0.4, 0.5) is 13.2 Å². The summed E-state index contributed by atoms with van der Waals surface area (Å²) >= 11 is 0. The van der Waals surface area contributed by atoms with Crippen LogP contribution in [0.1, 0.15) is 34.0 Å². The van der Waals surface area contributed by atoms with E-state index in [1.54, 1.807) is 24.3 Å². The van der Waals surface area contributed by atoms with Gasteiger partial charge in [-0.1, -0.05) is 30.6 Å². The summed E-state index contributed by atoms with van der Waals surface area (Å²) in [6.45, 7) is 3.95. The first-order chi connectivity index (χ1) is 15.3. The Balaban J connectivity index is 0.00000161. The summed E-state index contributed by atoms with van der Waals surface area (Å²) in [5.74, 6) is 5.78. The van der Waals surface area contributed by atoms with Crippen LogP contribution in [0, 0.1) is 11.8 Å². The van der Waals surface area contributed by atoms with Crippen molar-refractivity contribution in [3.8, 4) is 11.8 Å². The molecule has 0 saturated heterocycles. The number of aliphatic hydroxyl groups is 1. The first-order valence-corrected chi connectivity index (χ1v) is 9.85. The normalized spacial score (nSPS) is 11.8. The van der Waals surface area contributed by atoms with Crippen LogP contribution in [0.3, 0.4) is 0 Å². The molecule has 0 radical (unpaired) electrons. The molecule has 0 spiro atoms. The third-order valence-corrected chi connectivity index (χ3v) is 4.22. The van der Waals surface area contributed by atoms with E-state index in [0.717, 1.165) is 16.7 Å². The number of alkyl halides is 3. The lowest BCUT2D eigenvalue weighted by Crippen LogP contribution is -2.45. The molecule has 2 unspecified atom stereocenters. The predicted molar refractivity (Wildman–Crippen MR) is 120 cm³/mol. The summed E-state index contributed by atoms with van der Waals surface area (Å²) in [5.41, 5.74) is 8.95. The second-order valence-corrected chi connectivity index (χ2v) is 6.76. The Morgan fingerprint density at radius 1 is 1.06 bits per heavy atom. The van der Waals surface area contributed by atoms with Crippen LogP contribution >= 0.6 is 0 Å². The van der Waals surface area contributed by atoms with Crippen LogP contribution < -0.4 is 16.4 Å². The van der Waals surface area contributed by atoms with Gasteiger partial charge in [0.2, 0.25) is 6.93 Å². The molecule has 0 aliphatic heterocycles. The zero-order valence-electron chi connectivity index (χ0n) is 17.9. The maximum absolute atomic E-state index is 12.3. The van der Waals surface area contributed by atoms with Gasteiger partial charge in [0, 0.05) is 35.5 Å². The fourth-order valence-electron chi connectivity index (χ4n) is 2.60. The van der Waals surface area contributed by atoms with Crippen molar-refractivity contribution >= 4 is 5.91 Å². The molecule has 2 aromatic carbocycles. The minimum absolute atomic E-state index is 0.194. The number of nitrogens with one attached hydrogen (secondary N) is 2. The second-order valence-electron chi connectivity index (χ2n) is 6.76. The third-order valence-electron chi connectivity index (χ3n) is 4.22. The van der Waals surface area contributed by atoms with Gasteiger partial charge in [-0.2, -0.15) is 0 Å². The van der Waals surface area contributed by atoms with Gasteiger partial charge in [-0.15, -0.1) is 0 Å². The summed E-state index contributed by atoms with van der Waals surface area (Å²) in [6, 6.07) is 13.9. The van der Waals surface area contributed by atoms with E-state index in [-0.39, 0.29) is 18.3 Å². The third kappa shape index (κ3) is 9.69. The van der Waals surface area contributed by atoms with E-state index in [1.807, 2.05) is 24.3 Å². The first kappa shape index (κ1) is 26.8. The summed E-state index contributed by atoms with van der Waals surface area (Å²) in [4.78, 5) is 12.3. The van der Waals surface area contributed by atoms with E-state index in [2.05, 4.69) is 29.1 Å². The van der Waals surface area contributed by atoms with Crippen LogP contribution in [0.2, 0.25) is 0 Å². The van der Waals surface area contributed by atoms with Crippen molar-refractivity contribution in [1.82, 2.24) is 10.6 Å². The number of carbonyl (C=O) groups excluding carboxylic acids is 1. The average molecular weight is 448 g/mol. The average Bonchev–Trinajstić information content (AvgIpc) is 2.77. The number of amides is 1. The van der Waals surface area contributed by atoms with Gasteiger partial charge in [0.15, 0.2) is 0 Å². The topological polar surface area (TPSA) is 87.4 Å². The minimum Gasteiger partial charge on any atom is -0.401 e. The number of benzene rings is 2. The van der Waals surface area contributed by atoms with Gasteiger partial charge in [0.1, 0.15) is 6.67 Å². The fraction of sp³-hybridized carbons (Fsp3) is 0.292. The summed E-state index contributed by atoms with van der Waals surface area (Å²) < 4.78 is 31.3. The maximum atomic E-state index is 12.3. The van der Waals surface area contributed by atoms with Gasteiger partial charge in [0.05, 0.1) is 12.1 Å². The van der Waals surface area contributed by atoms with Crippen LogP contribution in [0.5, 0.6) is 0 Å². The summed E-state index contributed by atoms with van der Waals surface area (Å²) in [7, 11) is 0. The number of halogens is 3. The van der Waals surface area contributed by atoms with Crippen LogP contribution in [0.25, 0.3) is 0 Å². The number of carbonyl (C=O) groups is 1. The van der Waals surface area contributed by atoms with Crippen molar-refractivity contribution in [2.24, 2.45) is 5.73 Å². The van der Waals surface area contributed by atoms with Crippen molar-refractivity contribution in [2.45, 2.75) is 25.6 Å². The quantitative estimate of drug-likeness (QED) is 0.370. The molecule has 2 rings (SSSR count). The Morgan fingerprint density at radius 2 is 1.56 bits per heavy atom. The molecule has 0 fully saturated rings. The first-order valence-electron chi connectivity index (χ1n) is 9.85. The highest BCUT2D eigenvalue weighted by molar-refractivity contribution is 5.94. The number of aliphatic hydroxyl groups excluding tert-OH is 1. The van der Waals surface area contributed by atoms with Crippen molar-refractivity contribution in [3.63, 3.8) is 0 Å². The molecule has 0 aliphatic rings. The summed E-state index contributed by atoms with van der Waals surface area (Å²) in [6.07, 6.45) is -0.840. The number of rotatable bonds is 8. The standard InChI is InChI=1S/C23H26FN3O2.CH2F2/c1-16(25)22(17(2)28)27-23(29)21-11-9-19(10-12-21)4-3-18-5-7-20(8-6-18)15-26-14-13-24;2-1-3/h5-12,17,22,26,28H,1,13-15,25H2,2H3,(H,27,29);1H2. The molecule has 32 heavy (non-hydrogen) atoms.